The first-order valence-corrected chi connectivity index (χ1v) is 6.86. The van der Waals surface area contributed by atoms with Crippen molar-refractivity contribution in [1.29, 1.82) is 0 Å². The summed E-state index contributed by atoms with van der Waals surface area (Å²) in [6.07, 6.45) is 3.34. The molecule has 0 saturated carbocycles. The van der Waals surface area contributed by atoms with Crippen LogP contribution in [0.2, 0.25) is 0 Å². The van der Waals surface area contributed by atoms with Crippen LogP contribution in [0, 0.1) is 0 Å². The third kappa shape index (κ3) is 1.90. The first-order valence-electron chi connectivity index (χ1n) is 6.86. The van der Waals surface area contributed by atoms with Crippen molar-refractivity contribution in [1.82, 2.24) is 0 Å². The molecule has 21 heavy (non-hydrogen) atoms. The summed E-state index contributed by atoms with van der Waals surface area (Å²) in [5.41, 5.74) is 0. The van der Waals surface area contributed by atoms with Gasteiger partial charge in [0.25, 0.3) is 0 Å². The minimum atomic E-state index is -1.84. The highest BCUT2D eigenvalue weighted by Crippen LogP contribution is 2.26. The Kier molecular flexibility index (Phi) is 2.40. The predicted octanol–water partition coefficient (Wildman–Crippen LogP) is 1.34. The topological polar surface area (TPSA) is 60.7 Å². The standard InChI is InChI=1S/C18H14O3/c19-17-9-13-10-18(20,21)6-5-14(13)15-7-11-3-1-2-4-12(11)8-16(15)17/h1-5,7-10,19-21H,6H2. The van der Waals surface area contributed by atoms with E-state index in [1.807, 2.05) is 42.5 Å². The number of rotatable bonds is 0. The zero-order chi connectivity index (χ0) is 14.6. The Hall–Kier alpha value is -2.36. The molecule has 3 aromatic carbocycles. The number of hydrogen-bond acceptors (Lipinski definition) is 3. The second-order valence-corrected chi connectivity index (χ2v) is 5.57. The zero-order valence-electron chi connectivity index (χ0n) is 11.2. The van der Waals surface area contributed by atoms with Gasteiger partial charge in [0, 0.05) is 11.8 Å². The van der Waals surface area contributed by atoms with Crippen LogP contribution in [0.1, 0.15) is 6.42 Å². The molecule has 0 aliphatic heterocycles. The molecule has 0 bridgehead atoms. The van der Waals surface area contributed by atoms with E-state index in [0.29, 0.717) is 5.22 Å². The van der Waals surface area contributed by atoms with E-state index in [1.165, 1.54) is 6.08 Å². The van der Waals surface area contributed by atoms with Crippen LogP contribution >= 0.6 is 0 Å². The van der Waals surface area contributed by atoms with Gasteiger partial charge in [-0.3, -0.25) is 0 Å². The van der Waals surface area contributed by atoms with Crippen LogP contribution in [0.15, 0.2) is 42.5 Å². The number of phenols is 1. The average Bonchev–Trinajstić information content (AvgIpc) is 2.44. The Morgan fingerprint density at radius 2 is 1.57 bits per heavy atom. The highest BCUT2D eigenvalue weighted by atomic mass is 16.5. The first-order chi connectivity index (χ1) is 10.0. The molecular weight excluding hydrogens is 264 g/mol. The quantitative estimate of drug-likeness (QED) is 0.429. The van der Waals surface area contributed by atoms with E-state index in [4.69, 9.17) is 0 Å². The molecule has 104 valence electrons. The van der Waals surface area contributed by atoms with Gasteiger partial charge in [0.15, 0.2) is 5.79 Å². The van der Waals surface area contributed by atoms with E-state index < -0.39 is 5.79 Å². The molecule has 0 amide bonds. The van der Waals surface area contributed by atoms with Gasteiger partial charge < -0.3 is 15.3 Å². The smallest absolute Gasteiger partial charge is 0.187 e. The lowest BCUT2D eigenvalue weighted by molar-refractivity contribution is -0.0973. The van der Waals surface area contributed by atoms with Gasteiger partial charge in [0.2, 0.25) is 0 Å². The molecule has 0 spiro atoms. The van der Waals surface area contributed by atoms with Crippen LogP contribution in [-0.4, -0.2) is 21.1 Å². The van der Waals surface area contributed by atoms with Gasteiger partial charge >= 0.3 is 0 Å². The summed E-state index contributed by atoms with van der Waals surface area (Å²) in [5, 5.41) is 35.2. The molecule has 0 fully saturated rings. The van der Waals surface area contributed by atoms with Crippen LogP contribution in [0.3, 0.4) is 0 Å². The molecule has 3 heteroatoms. The van der Waals surface area contributed by atoms with Gasteiger partial charge in [-0.1, -0.05) is 30.3 Å². The van der Waals surface area contributed by atoms with Crippen molar-refractivity contribution in [3.05, 3.63) is 52.9 Å². The molecule has 4 rings (SSSR count). The Morgan fingerprint density at radius 1 is 0.905 bits per heavy atom. The molecule has 0 heterocycles. The maximum Gasteiger partial charge on any atom is 0.187 e. The fraction of sp³-hybridized carbons (Fsp3) is 0.111. The maximum absolute atomic E-state index is 10.3. The number of aromatic hydroxyl groups is 1. The molecule has 3 nitrogen and oxygen atoms in total. The number of fused-ring (bicyclic) bond motifs is 4. The third-order valence-electron chi connectivity index (χ3n) is 4.05. The summed E-state index contributed by atoms with van der Waals surface area (Å²) in [7, 11) is 0. The molecule has 3 aromatic rings. The van der Waals surface area contributed by atoms with E-state index in [9.17, 15) is 15.3 Å². The van der Waals surface area contributed by atoms with E-state index in [1.54, 1.807) is 6.07 Å². The lowest BCUT2D eigenvalue weighted by Gasteiger charge is -2.19. The van der Waals surface area contributed by atoms with Crippen molar-refractivity contribution >= 4 is 33.7 Å². The van der Waals surface area contributed by atoms with Crippen molar-refractivity contribution in [2.75, 3.05) is 0 Å². The second-order valence-electron chi connectivity index (χ2n) is 5.57. The lowest BCUT2D eigenvalue weighted by Crippen LogP contribution is -2.38. The summed E-state index contributed by atoms with van der Waals surface area (Å²) in [6.45, 7) is 0. The van der Waals surface area contributed by atoms with E-state index in [-0.39, 0.29) is 12.2 Å². The normalized spacial score (nSPS) is 16.3. The highest BCUT2D eigenvalue weighted by Gasteiger charge is 2.21. The van der Waals surface area contributed by atoms with Gasteiger partial charge in [0.1, 0.15) is 5.75 Å². The minimum absolute atomic E-state index is 0.146. The molecular formula is C18H14O3. The van der Waals surface area contributed by atoms with E-state index in [2.05, 4.69) is 0 Å². The molecule has 0 saturated heterocycles. The fourth-order valence-electron chi connectivity index (χ4n) is 3.04. The monoisotopic (exact) mass is 278 g/mol. The number of benzene rings is 3. The fourth-order valence-corrected chi connectivity index (χ4v) is 3.04. The van der Waals surface area contributed by atoms with Crippen LogP contribution in [0.4, 0.5) is 0 Å². The average molecular weight is 278 g/mol. The molecule has 0 radical (unpaired) electrons. The van der Waals surface area contributed by atoms with Crippen LogP contribution in [0.25, 0.3) is 33.7 Å². The molecule has 1 aliphatic rings. The largest absolute Gasteiger partial charge is 0.507 e. The summed E-state index contributed by atoms with van der Waals surface area (Å²) >= 11 is 0. The molecule has 0 atom stereocenters. The summed E-state index contributed by atoms with van der Waals surface area (Å²) in [5.74, 6) is -1.69. The van der Waals surface area contributed by atoms with Crippen molar-refractivity contribution < 1.29 is 15.3 Å². The first kappa shape index (κ1) is 12.4. The van der Waals surface area contributed by atoms with E-state index >= 15 is 0 Å². The Balaban J connectivity index is 2.22. The van der Waals surface area contributed by atoms with Crippen molar-refractivity contribution in [2.45, 2.75) is 12.2 Å². The lowest BCUT2D eigenvalue weighted by atomic mass is 9.95. The Labute approximate surface area is 120 Å². The number of hydrogen-bond donors (Lipinski definition) is 3. The van der Waals surface area contributed by atoms with Crippen LogP contribution < -0.4 is 10.4 Å². The predicted molar refractivity (Wildman–Crippen MR) is 83.1 cm³/mol. The maximum atomic E-state index is 10.3. The summed E-state index contributed by atoms with van der Waals surface area (Å²) < 4.78 is 0. The van der Waals surface area contributed by atoms with Crippen molar-refractivity contribution in [3.8, 4) is 5.75 Å². The minimum Gasteiger partial charge on any atom is -0.507 e. The van der Waals surface area contributed by atoms with Gasteiger partial charge in [-0.25, -0.2) is 0 Å². The van der Waals surface area contributed by atoms with Crippen molar-refractivity contribution in [2.24, 2.45) is 0 Å². The molecule has 0 unspecified atom stereocenters. The van der Waals surface area contributed by atoms with E-state index in [0.717, 1.165) is 26.8 Å². The molecule has 3 N–H and O–H groups in total. The molecule has 1 aliphatic carbocycles. The highest BCUT2D eigenvalue weighted by molar-refractivity contribution is 6.01. The SMILES string of the molecule is Oc1cc2c(c3cc4ccccc4cc13)=CCC(O)(O)C=2. The zero-order valence-corrected chi connectivity index (χ0v) is 11.2. The third-order valence-corrected chi connectivity index (χ3v) is 4.05. The number of aliphatic hydroxyl groups is 2. The van der Waals surface area contributed by atoms with Crippen LogP contribution in [-0.2, 0) is 0 Å². The Bertz CT molecular complexity index is 1000. The van der Waals surface area contributed by atoms with Gasteiger partial charge in [-0.15, -0.1) is 0 Å². The number of phenolic OH excluding ortho intramolecular Hbond substituents is 1. The summed E-state index contributed by atoms with van der Waals surface area (Å²) in [6, 6.07) is 13.6. The second kappa shape index (κ2) is 4.07. The Morgan fingerprint density at radius 3 is 2.29 bits per heavy atom. The van der Waals surface area contributed by atoms with Gasteiger partial charge in [-0.05, 0) is 50.9 Å². The summed E-state index contributed by atoms with van der Waals surface area (Å²) in [4.78, 5) is 0. The van der Waals surface area contributed by atoms with Gasteiger partial charge in [0.05, 0.1) is 0 Å². The van der Waals surface area contributed by atoms with Gasteiger partial charge in [-0.2, -0.15) is 0 Å². The van der Waals surface area contributed by atoms with Crippen LogP contribution in [0.5, 0.6) is 5.75 Å². The molecule has 0 aromatic heterocycles. The van der Waals surface area contributed by atoms with Crippen molar-refractivity contribution in [3.63, 3.8) is 0 Å².